The molecule has 0 radical (unpaired) electrons. The van der Waals surface area contributed by atoms with Crippen LogP contribution in [0.5, 0.6) is 0 Å². The van der Waals surface area contributed by atoms with Crippen molar-refractivity contribution in [1.29, 1.82) is 0 Å². The molecule has 0 saturated carbocycles. The van der Waals surface area contributed by atoms with Gasteiger partial charge in [0.2, 0.25) is 0 Å². The molecule has 0 bridgehead atoms. The molecule has 0 spiro atoms. The third-order valence-electron chi connectivity index (χ3n) is 1.61. The summed E-state index contributed by atoms with van der Waals surface area (Å²) < 4.78 is 15.0. The minimum atomic E-state index is -0.583. The Bertz CT molecular complexity index is 219. The standard InChI is InChI=1S/C10H14O3/c1-11-10(12-2)13-8-9-6-4-3-5-7-9/h3-7,10H,8H2,1-2H3. The van der Waals surface area contributed by atoms with Crippen LogP contribution < -0.4 is 0 Å². The van der Waals surface area contributed by atoms with Gasteiger partial charge >= 0.3 is 0 Å². The molecule has 0 aliphatic rings. The van der Waals surface area contributed by atoms with Crippen molar-refractivity contribution in [1.82, 2.24) is 0 Å². The van der Waals surface area contributed by atoms with E-state index in [9.17, 15) is 0 Å². The van der Waals surface area contributed by atoms with Crippen molar-refractivity contribution in [3.63, 3.8) is 0 Å². The second-order valence-electron chi connectivity index (χ2n) is 2.56. The molecular weight excluding hydrogens is 168 g/mol. The Morgan fingerprint density at radius 1 is 1.08 bits per heavy atom. The summed E-state index contributed by atoms with van der Waals surface area (Å²) in [5.41, 5.74) is 1.10. The quantitative estimate of drug-likeness (QED) is 0.650. The van der Waals surface area contributed by atoms with E-state index in [-0.39, 0.29) is 0 Å². The Labute approximate surface area is 78.2 Å². The lowest BCUT2D eigenvalue weighted by Crippen LogP contribution is -2.16. The average molecular weight is 182 g/mol. The van der Waals surface area contributed by atoms with Gasteiger partial charge in [-0.05, 0) is 5.56 Å². The van der Waals surface area contributed by atoms with Crippen LogP contribution in [0.15, 0.2) is 30.3 Å². The van der Waals surface area contributed by atoms with Gasteiger partial charge in [0.05, 0.1) is 6.61 Å². The predicted molar refractivity (Wildman–Crippen MR) is 49.0 cm³/mol. The van der Waals surface area contributed by atoms with Crippen LogP contribution in [-0.2, 0) is 20.8 Å². The summed E-state index contributed by atoms with van der Waals surface area (Å²) in [6.07, 6.45) is 0. The maximum Gasteiger partial charge on any atom is 0.271 e. The molecule has 0 heterocycles. The average Bonchev–Trinajstić information content (AvgIpc) is 2.21. The zero-order chi connectivity index (χ0) is 9.52. The van der Waals surface area contributed by atoms with Crippen LogP contribution in [0.25, 0.3) is 0 Å². The third kappa shape index (κ3) is 3.55. The number of methoxy groups -OCH3 is 2. The van der Waals surface area contributed by atoms with E-state index < -0.39 is 6.48 Å². The second kappa shape index (κ2) is 5.70. The Hall–Kier alpha value is -0.900. The van der Waals surface area contributed by atoms with Crippen LogP contribution in [-0.4, -0.2) is 20.7 Å². The van der Waals surface area contributed by atoms with E-state index >= 15 is 0 Å². The first-order valence-corrected chi connectivity index (χ1v) is 4.08. The lowest BCUT2D eigenvalue weighted by Gasteiger charge is -2.13. The molecule has 1 aromatic carbocycles. The van der Waals surface area contributed by atoms with Gasteiger partial charge in [-0.15, -0.1) is 0 Å². The summed E-state index contributed by atoms with van der Waals surface area (Å²) in [5.74, 6) is 0. The van der Waals surface area contributed by atoms with Crippen LogP contribution in [0.4, 0.5) is 0 Å². The predicted octanol–water partition coefficient (Wildman–Crippen LogP) is 1.78. The van der Waals surface area contributed by atoms with Crippen molar-refractivity contribution in [2.75, 3.05) is 14.2 Å². The van der Waals surface area contributed by atoms with Gasteiger partial charge < -0.3 is 14.2 Å². The molecular formula is C10H14O3. The molecule has 0 aliphatic carbocycles. The van der Waals surface area contributed by atoms with Gasteiger partial charge in [0.1, 0.15) is 0 Å². The van der Waals surface area contributed by atoms with Gasteiger partial charge in [-0.3, -0.25) is 0 Å². The van der Waals surface area contributed by atoms with Crippen molar-refractivity contribution in [2.45, 2.75) is 13.1 Å². The Kier molecular flexibility index (Phi) is 4.46. The summed E-state index contributed by atoms with van der Waals surface area (Å²) >= 11 is 0. The van der Waals surface area contributed by atoms with Gasteiger partial charge in [-0.2, -0.15) is 0 Å². The van der Waals surface area contributed by atoms with E-state index in [1.54, 1.807) is 14.2 Å². The monoisotopic (exact) mass is 182 g/mol. The fraction of sp³-hybridized carbons (Fsp3) is 0.400. The van der Waals surface area contributed by atoms with Crippen LogP contribution in [0.1, 0.15) is 5.56 Å². The number of hydrogen-bond donors (Lipinski definition) is 0. The van der Waals surface area contributed by atoms with E-state index in [4.69, 9.17) is 14.2 Å². The highest BCUT2D eigenvalue weighted by Crippen LogP contribution is 2.03. The smallest absolute Gasteiger partial charge is 0.271 e. The van der Waals surface area contributed by atoms with Crippen molar-refractivity contribution in [3.8, 4) is 0 Å². The summed E-state index contributed by atoms with van der Waals surface area (Å²) in [6.45, 7) is -0.0899. The molecule has 0 fully saturated rings. The molecule has 0 atom stereocenters. The van der Waals surface area contributed by atoms with Gasteiger partial charge in [-0.25, -0.2) is 0 Å². The minimum absolute atomic E-state index is 0.493. The van der Waals surface area contributed by atoms with Crippen molar-refractivity contribution < 1.29 is 14.2 Å². The molecule has 0 aromatic heterocycles. The molecule has 0 aliphatic heterocycles. The molecule has 1 rings (SSSR count). The molecule has 0 saturated heterocycles. The highest BCUT2D eigenvalue weighted by Gasteiger charge is 2.03. The van der Waals surface area contributed by atoms with Gasteiger partial charge in [-0.1, -0.05) is 30.3 Å². The first kappa shape index (κ1) is 10.2. The fourth-order valence-electron chi connectivity index (χ4n) is 0.971. The highest BCUT2D eigenvalue weighted by atomic mass is 16.8. The van der Waals surface area contributed by atoms with E-state index in [0.29, 0.717) is 6.61 Å². The van der Waals surface area contributed by atoms with Gasteiger partial charge in [0.25, 0.3) is 6.48 Å². The summed E-state index contributed by atoms with van der Waals surface area (Å²) in [6, 6.07) is 9.87. The summed E-state index contributed by atoms with van der Waals surface area (Å²) in [4.78, 5) is 0. The molecule has 1 aromatic rings. The Morgan fingerprint density at radius 2 is 1.69 bits per heavy atom. The van der Waals surface area contributed by atoms with Crippen molar-refractivity contribution >= 4 is 0 Å². The minimum Gasteiger partial charge on any atom is -0.333 e. The van der Waals surface area contributed by atoms with E-state index in [2.05, 4.69) is 0 Å². The first-order chi connectivity index (χ1) is 6.36. The third-order valence-corrected chi connectivity index (χ3v) is 1.61. The normalized spacial score (nSPS) is 10.7. The maximum absolute atomic E-state index is 5.28. The lowest BCUT2D eigenvalue weighted by molar-refractivity contribution is -0.270. The zero-order valence-electron chi connectivity index (χ0n) is 7.90. The number of rotatable bonds is 5. The van der Waals surface area contributed by atoms with Crippen LogP contribution in [0.2, 0.25) is 0 Å². The highest BCUT2D eigenvalue weighted by molar-refractivity contribution is 5.13. The van der Waals surface area contributed by atoms with Crippen molar-refractivity contribution in [2.24, 2.45) is 0 Å². The van der Waals surface area contributed by atoms with Crippen molar-refractivity contribution in [3.05, 3.63) is 35.9 Å². The second-order valence-corrected chi connectivity index (χ2v) is 2.56. The number of ether oxygens (including phenoxy) is 3. The Balaban J connectivity index is 2.34. The lowest BCUT2D eigenvalue weighted by atomic mass is 10.2. The SMILES string of the molecule is COC(OC)OCc1ccccc1. The maximum atomic E-state index is 5.28. The molecule has 13 heavy (non-hydrogen) atoms. The topological polar surface area (TPSA) is 27.7 Å². The number of benzene rings is 1. The van der Waals surface area contributed by atoms with E-state index in [1.165, 1.54) is 0 Å². The molecule has 3 heteroatoms. The molecule has 72 valence electrons. The molecule has 0 unspecified atom stereocenters. The van der Waals surface area contributed by atoms with E-state index in [1.807, 2.05) is 30.3 Å². The summed E-state index contributed by atoms with van der Waals surface area (Å²) in [5, 5.41) is 0. The van der Waals surface area contributed by atoms with Gasteiger partial charge in [0, 0.05) is 14.2 Å². The molecule has 0 N–H and O–H groups in total. The first-order valence-electron chi connectivity index (χ1n) is 4.08. The largest absolute Gasteiger partial charge is 0.333 e. The van der Waals surface area contributed by atoms with E-state index in [0.717, 1.165) is 5.56 Å². The van der Waals surface area contributed by atoms with Crippen LogP contribution in [0.3, 0.4) is 0 Å². The zero-order valence-corrected chi connectivity index (χ0v) is 7.90. The summed E-state index contributed by atoms with van der Waals surface area (Å²) in [7, 11) is 3.08. The van der Waals surface area contributed by atoms with Crippen LogP contribution in [0, 0.1) is 0 Å². The fourth-order valence-corrected chi connectivity index (χ4v) is 0.971. The van der Waals surface area contributed by atoms with Crippen LogP contribution >= 0.6 is 0 Å². The van der Waals surface area contributed by atoms with Gasteiger partial charge in [0.15, 0.2) is 0 Å². The molecule has 0 amide bonds. The Morgan fingerprint density at radius 3 is 2.23 bits per heavy atom. The molecule has 3 nitrogen and oxygen atoms in total. The number of hydrogen-bond acceptors (Lipinski definition) is 3.